The Hall–Kier alpha value is -3.41. The van der Waals surface area contributed by atoms with Crippen molar-refractivity contribution >= 4 is 18.2 Å². The number of rotatable bonds is 3. The van der Waals surface area contributed by atoms with Crippen molar-refractivity contribution in [2.75, 3.05) is 0 Å². The van der Waals surface area contributed by atoms with Gasteiger partial charge in [-0.15, -0.1) is 0 Å². The first-order valence-corrected chi connectivity index (χ1v) is 8.60. The topological polar surface area (TPSA) is 94.4 Å². The second kappa shape index (κ2) is 7.07. The molecule has 0 aliphatic carbocycles. The van der Waals surface area contributed by atoms with Crippen molar-refractivity contribution in [2.24, 2.45) is 0 Å². The second-order valence-electron chi connectivity index (χ2n) is 7.31. The fourth-order valence-electron chi connectivity index (χ4n) is 2.79. The van der Waals surface area contributed by atoms with Gasteiger partial charge >= 0.3 is 0 Å². The lowest BCUT2D eigenvalue weighted by Crippen LogP contribution is -2.46. The van der Waals surface area contributed by atoms with Crippen LogP contribution >= 0.6 is 0 Å². The Morgan fingerprint density at radius 3 is 2.26 bits per heavy atom. The Balaban J connectivity index is 2.13. The number of nitrogens with zero attached hydrogens (tertiary/aromatic N) is 1. The maximum absolute atomic E-state index is 12.5. The lowest BCUT2D eigenvalue weighted by atomic mass is 9.90. The minimum atomic E-state index is -0.386. The molecule has 0 amide bonds. The van der Waals surface area contributed by atoms with Gasteiger partial charge in [-0.2, -0.15) is 0 Å². The minimum absolute atomic E-state index is 0.162. The Bertz CT molecular complexity index is 1220. The molecule has 2 heterocycles. The van der Waals surface area contributed by atoms with E-state index in [1.165, 1.54) is 0 Å². The van der Waals surface area contributed by atoms with E-state index in [1.807, 2.05) is 45.0 Å². The largest absolute Gasteiger partial charge is 0.348 e. The van der Waals surface area contributed by atoms with Crippen LogP contribution in [0.5, 0.6) is 0 Å². The number of imidazole rings is 1. The summed E-state index contributed by atoms with van der Waals surface area (Å²) in [5, 5.41) is 0.353. The lowest BCUT2D eigenvalue weighted by molar-refractivity contribution is 0.571. The summed E-state index contributed by atoms with van der Waals surface area (Å²) in [5.74, 6) is 0. The van der Waals surface area contributed by atoms with Gasteiger partial charge in [-0.3, -0.25) is 9.59 Å². The molecule has 0 radical (unpaired) electrons. The summed E-state index contributed by atoms with van der Waals surface area (Å²) < 4.78 is 0. The summed E-state index contributed by atoms with van der Waals surface area (Å²) in [7, 11) is 0. The van der Waals surface area contributed by atoms with Gasteiger partial charge < -0.3 is 15.0 Å². The van der Waals surface area contributed by atoms with Crippen LogP contribution in [-0.4, -0.2) is 19.9 Å². The molecule has 0 saturated carbocycles. The molecule has 0 bridgehead atoms. The van der Waals surface area contributed by atoms with E-state index in [0.29, 0.717) is 5.69 Å². The van der Waals surface area contributed by atoms with Gasteiger partial charge in [0.1, 0.15) is 10.7 Å². The van der Waals surface area contributed by atoms with Crippen LogP contribution in [0, 0.1) is 0 Å². The monoisotopic (exact) mass is 362 g/mol. The predicted octanol–water partition coefficient (Wildman–Crippen LogP) is 1.38. The number of hydrogen-bond donors (Lipinski definition) is 3. The third-order valence-electron chi connectivity index (χ3n) is 4.14. The van der Waals surface area contributed by atoms with Crippen LogP contribution < -0.4 is 21.8 Å². The van der Waals surface area contributed by atoms with Gasteiger partial charge in [-0.05, 0) is 29.3 Å². The second-order valence-corrected chi connectivity index (χ2v) is 7.31. The first-order chi connectivity index (χ1) is 12.8. The molecular formula is C21H22N4O2. The maximum atomic E-state index is 12.5. The third-order valence-corrected chi connectivity index (χ3v) is 4.14. The standard InChI is InChI=1S/C21H22N4O2/c1-5-13-7-6-8-14(9-13)10-16-19(26)25-17(20(27)24-16)11-15-18(21(2,3)4)23-12-22-15/h5-12H,1H2,2-4H3,(H,22,23)(H,24,27)(H,25,26)/b16-10-,17-11-. The van der Waals surface area contributed by atoms with Crippen molar-refractivity contribution in [1.82, 2.24) is 19.9 Å². The average molecular weight is 362 g/mol. The lowest BCUT2D eigenvalue weighted by Gasteiger charge is -2.16. The molecular weight excluding hydrogens is 340 g/mol. The Kier molecular flexibility index (Phi) is 4.81. The third kappa shape index (κ3) is 4.06. The minimum Gasteiger partial charge on any atom is -0.348 e. The van der Waals surface area contributed by atoms with Gasteiger partial charge in [0.05, 0.1) is 12.0 Å². The zero-order valence-electron chi connectivity index (χ0n) is 15.6. The molecule has 3 N–H and O–H groups in total. The van der Waals surface area contributed by atoms with E-state index < -0.39 is 0 Å². The molecule has 6 heteroatoms. The SMILES string of the molecule is C=Cc1cccc(/C=c2\[nH]c(=O)/c(=C/c3nc[nH]c3C(C)(C)C)[nH]c2=O)c1. The summed E-state index contributed by atoms with van der Waals surface area (Å²) in [4.78, 5) is 37.5. The molecule has 0 aliphatic heterocycles. The van der Waals surface area contributed by atoms with E-state index in [4.69, 9.17) is 0 Å². The van der Waals surface area contributed by atoms with Crippen molar-refractivity contribution < 1.29 is 0 Å². The molecule has 1 aromatic carbocycles. The van der Waals surface area contributed by atoms with Crippen molar-refractivity contribution in [2.45, 2.75) is 26.2 Å². The number of aromatic nitrogens is 4. The van der Waals surface area contributed by atoms with Gasteiger partial charge in [0.15, 0.2) is 0 Å². The molecule has 0 atom stereocenters. The zero-order valence-corrected chi connectivity index (χ0v) is 15.6. The summed E-state index contributed by atoms with van der Waals surface area (Å²) in [5.41, 5.74) is 2.31. The fraction of sp³-hybridized carbons (Fsp3) is 0.190. The maximum Gasteiger partial charge on any atom is 0.272 e. The molecule has 3 aromatic rings. The number of benzene rings is 1. The molecule has 6 nitrogen and oxygen atoms in total. The molecule has 0 saturated heterocycles. The Labute approximate surface area is 156 Å². The highest BCUT2D eigenvalue weighted by atomic mass is 16.1. The molecule has 0 aliphatic rings. The van der Waals surface area contributed by atoms with Gasteiger partial charge in [0.2, 0.25) is 0 Å². The average Bonchev–Trinajstić information content (AvgIpc) is 3.08. The van der Waals surface area contributed by atoms with Crippen LogP contribution in [-0.2, 0) is 5.41 Å². The normalized spacial score (nSPS) is 13.1. The fourth-order valence-corrected chi connectivity index (χ4v) is 2.79. The van der Waals surface area contributed by atoms with Gasteiger partial charge in [-0.1, -0.05) is 51.6 Å². The Morgan fingerprint density at radius 1 is 1.00 bits per heavy atom. The van der Waals surface area contributed by atoms with Crippen molar-refractivity contribution in [1.29, 1.82) is 0 Å². The summed E-state index contributed by atoms with van der Waals surface area (Å²) in [6.45, 7) is 9.86. The number of nitrogens with one attached hydrogen (secondary N) is 3. The summed E-state index contributed by atoms with van der Waals surface area (Å²) in [6.07, 6.45) is 6.51. The van der Waals surface area contributed by atoms with E-state index in [0.717, 1.165) is 16.8 Å². The smallest absolute Gasteiger partial charge is 0.272 e. The van der Waals surface area contributed by atoms with Gasteiger partial charge in [-0.25, -0.2) is 4.98 Å². The van der Waals surface area contributed by atoms with Crippen molar-refractivity contribution in [3.05, 3.63) is 91.1 Å². The van der Waals surface area contributed by atoms with E-state index >= 15 is 0 Å². The highest BCUT2D eigenvalue weighted by Crippen LogP contribution is 2.22. The van der Waals surface area contributed by atoms with E-state index in [9.17, 15) is 9.59 Å². The van der Waals surface area contributed by atoms with Gasteiger partial charge in [0.25, 0.3) is 11.1 Å². The Morgan fingerprint density at radius 2 is 1.63 bits per heavy atom. The van der Waals surface area contributed by atoms with Crippen LogP contribution in [0.15, 0.2) is 46.8 Å². The van der Waals surface area contributed by atoms with E-state index in [1.54, 1.807) is 24.6 Å². The van der Waals surface area contributed by atoms with Crippen LogP contribution in [0.2, 0.25) is 0 Å². The zero-order chi connectivity index (χ0) is 19.6. The van der Waals surface area contributed by atoms with Crippen LogP contribution in [0.3, 0.4) is 0 Å². The van der Waals surface area contributed by atoms with E-state index in [-0.39, 0.29) is 27.2 Å². The van der Waals surface area contributed by atoms with Crippen molar-refractivity contribution in [3.63, 3.8) is 0 Å². The first-order valence-electron chi connectivity index (χ1n) is 8.60. The molecule has 138 valence electrons. The quantitative estimate of drug-likeness (QED) is 0.657. The number of aromatic amines is 3. The van der Waals surface area contributed by atoms with E-state index in [2.05, 4.69) is 26.5 Å². The van der Waals surface area contributed by atoms with Crippen LogP contribution in [0.25, 0.3) is 18.2 Å². The summed E-state index contributed by atoms with van der Waals surface area (Å²) in [6, 6.07) is 7.50. The highest BCUT2D eigenvalue weighted by Gasteiger charge is 2.19. The molecule has 2 aromatic heterocycles. The molecule has 0 fully saturated rings. The first kappa shape index (κ1) is 18.4. The van der Waals surface area contributed by atoms with Crippen LogP contribution in [0.1, 0.15) is 43.3 Å². The molecule has 3 rings (SSSR count). The molecule has 0 unspecified atom stereocenters. The highest BCUT2D eigenvalue weighted by molar-refractivity contribution is 5.56. The molecule has 0 spiro atoms. The van der Waals surface area contributed by atoms with Crippen LogP contribution in [0.4, 0.5) is 0 Å². The number of H-pyrrole nitrogens is 3. The molecule has 27 heavy (non-hydrogen) atoms. The predicted molar refractivity (Wildman–Crippen MR) is 108 cm³/mol. The summed E-state index contributed by atoms with van der Waals surface area (Å²) >= 11 is 0. The van der Waals surface area contributed by atoms with Crippen molar-refractivity contribution in [3.8, 4) is 0 Å². The number of hydrogen-bond acceptors (Lipinski definition) is 3. The van der Waals surface area contributed by atoms with Gasteiger partial charge in [0, 0.05) is 11.1 Å².